The second-order valence-corrected chi connectivity index (χ2v) is 10.8. The minimum atomic E-state index is -4.23. The molecule has 1 unspecified atom stereocenters. The molecule has 3 aromatic carbocycles. The van der Waals surface area contributed by atoms with Crippen molar-refractivity contribution >= 4 is 50.7 Å². The summed E-state index contributed by atoms with van der Waals surface area (Å²) in [7, 11) is -4.23. The van der Waals surface area contributed by atoms with Crippen molar-refractivity contribution in [1.82, 2.24) is 10.2 Å². The van der Waals surface area contributed by atoms with Gasteiger partial charge in [-0.2, -0.15) is 0 Å². The summed E-state index contributed by atoms with van der Waals surface area (Å²) in [5.41, 5.74) is 0.495. The Kier molecular flexibility index (Phi) is 9.53. The molecule has 11 heteroatoms. The van der Waals surface area contributed by atoms with Crippen LogP contribution >= 0.6 is 23.2 Å². The predicted octanol–water partition coefficient (Wildman–Crippen LogP) is 4.88. The van der Waals surface area contributed by atoms with Gasteiger partial charge in [0.25, 0.3) is 10.0 Å². The van der Waals surface area contributed by atoms with Crippen LogP contribution in [-0.4, -0.2) is 44.3 Å². The number of hydrogen-bond acceptors (Lipinski definition) is 4. The molecular formula is C26H26Cl2FN3O4S. The first-order valence-corrected chi connectivity index (χ1v) is 13.6. The van der Waals surface area contributed by atoms with E-state index >= 15 is 0 Å². The molecule has 0 spiro atoms. The lowest BCUT2D eigenvalue weighted by molar-refractivity contribution is -0.139. The Morgan fingerprint density at radius 1 is 0.946 bits per heavy atom. The maximum atomic E-state index is 13.7. The zero-order chi connectivity index (χ0) is 27.2. The van der Waals surface area contributed by atoms with Gasteiger partial charge in [-0.05, 0) is 62.4 Å². The number of anilines is 1. The van der Waals surface area contributed by atoms with Gasteiger partial charge in [0, 0.05) is 28.7 Å². The van der Waals surface area contributed by atoms with Gasteiger partial charge in [0.15, 0.2) is 0 Å². The molecule has 0 aliphatic rings. The van der Waals surface area contributed by atoms with Crippen molar-refractivity contribution in [2.45, 2.75) is 31.3 Å². The fourth-order valence-corrected chi connectivity index (χ4v) is 5.57. The fraction of sp³-hybridized carbons (Fsp3) is 0.231. The average molecular weight is 566 g/mol. The average Bonchev–Trinajstić information content (AvgIpc) is 2.88. The molecule has 0 aromatic heterocycles. The van der Waals surface area contributed by atoms with Crippen LogP contribution in [0.3, 0.4) is 0 Å². The largest absolute Gasteiger partial charge is 0.355 e. The third-order valence-corrected chi connectivity index (χ3v) is 8.13. The van der Waals surface area contributed by atoms with E-state index in [1.54, 1.807) is 43.3 Å². The molecule has 0 fully saturated rings. The highest BCUT2D eigenvalue weighted by Gasteiger charge is 2.33. The zero-order valence-corrected chi connectivity index (χ0v) is 22.5. The topological polar surface area (TPSA) is 86.8 Å². The monoisotopic (exact) mass is 565 g/mol. The van der Waals surface area contributed by atoms with Crippen LogP contribution in [0, 0.1) is 5.82 Å². The van der Waals surface area contributed by atoms with Gasteiger partial charge < -0.3 is 10.2 Å². The van der Waals surface area contributed by atoms with Gasteiger partial charge in [0.05, 0.1) is 10.6 Å². The third-order valence-electron chi connectivity index (χ3n) is 5.63. The van der Waals surface area contributed by atoms with E-state index in [9.17, 15) is 22.4 Å². The molecule has 0 aliphatic heterocycles. The van der Waals surface area contributed by atoms with E-state index in [2.05, 4.69) is 5.32 Å². The van der Waals surface area contributed by atoms with Gasteiger partial charge in [-0.1, -0.05) is 47.5 Å². The third kappa shape index (κ3) is 6.80. The number of nitrogens with zero attached hydrogens (tertiary/aromatic N) is 2. The lowest BCUT2D eigenvalue weighted by Gasteiger charge is -2.32. The molecule has 3 aromatic rings. The first-order chi connectivity index (χ1) is 17.6. The SMILES string of the molecule is CCNC(=O)C(C)N(Cc1c(Cl)cccc1Cl)C(=O)CN(c1ccc(F)cc1)S(=O)(=O)c1ccccc1. The Balaban J connectivity index is 2.05. The molecular weight excluding hydrogens is 540 g/mol. The van der Waals surface area contributed by atoms with Crippen molar-refractivity contribution in [3.8, 4) is 0 Å². The number of likely N-dealkylation sites (N-methyl/N-ethyl adjacent to an activating group) is 1. The Bertz CT molecular complexity index is 1340. The summed E-state index contributed by atoms with van der Waals surface area (Å²) >= 11 is 12.7. The molecule has 1 N–H and O–H groups in total. The highest BCUT2D eigenvalue weighted by molar-refractivity contribution is 7.92. The highest BCUT2D eigenvalue weighted by atomic mass is 35.5. The molecule has 37 heavy (non-hydrogen) atoms. The van der Waals surface area contributed by atoms with Crippen LogP contribution < -0.4 is 9.62 Å². The minimum Gasteiger partial charge on any atom is -0.355 e. The molecule has 0 bridgehead atoms. The van der Waals surface area contributed by atoms with Crippen molar-refractivity contribution in [3.05, 3.63) is 94.2 Å². The van der Waals surface area contributed by atoms with Gasteiger partial charge >= 0.3 is 0 Å². The lowest BCUT2D eigenvalue weighted by atomic mass is 10.1. The number of carbonyl (C=O) groups is 2. The van der Waals surface area contributed by atoms with Crippen LogP contribution in [0.1, 0.15) is 19.4 Å². The van der Waals surface area contributed by atoms with Crippen molar-refractivity contribution in [3.63, 3.8) is 0 Å². The van der Waals surface area contributed by atoms with Crippen molar-refractivity contribution in [2.24, 2.45) is 0 Å². The summed E-state index contributed by atoms with van der Waals surface area (Å²) in [6, 6.07) is 16.2. The second-order valence-electron chi connectivity index (χ2n) is 8.09. The smallest absolute Gasteiger partial charge is 0.264 e. The minimum absolute atomic E-state index is 0.0513. The molecule has 0 heterocycles. The second kappa shape index (κ2) is 12.4. The van der Waals surface area contributed by atoms with Crippen LogP contribution in [0.2, 0.25) is 10.0 Å². The predicted molar refractivity (Wildman–Crippen MR) is 143 cm³/mol. The van der Waals surface area contributed by atoms with E-state index in [0.29, 0.717) is 22.2 Å². The van der Waals surface area contributed by atoms with Crippen molar-refractivity contribution in [2.75, 3.05) is 17.4 Å². The lowest BCUT2D eigenvalue weighted by Crippen LogP contribution is -2.51. The maximum Gasteiger partial charge on any atom is 0.264 e. The number of hydrogen-bond donors (Lipinski definition) is 1. The van der Waals surface area contributed by atoms with Gasteiger partial charge in [-0.25, -0.2) is 12.8 Å². The van der Waals surface area contributed by atoms with E-state index < -0.39 is 40.2 Å². The van der Waals surface area contributed by atoms with Crippen LogP contribution in [0.5, 0.6) is 0 Å². The van der Waals surface area contributed by atoms with Crippen molar-refractivity contribution in [1.29, 1.82) is 0 Å². The molecule has 3 rings (SSSR count). The van der Waals surface area contributed by atoms with Gasteiger partial charge in [-0.15, -0.1) is 0 Å². The van der Waals surface area contributed by atoms with Crippen LogP contribution in [0.4, 0.5) is 10.1 Å². The molecule has 2 amide bonds. The molecule has 7 nitrogen and oxygen atoms in total. The zero-order valence-electron chi connectivity index (χ0n) is 20.2. The Labute approximate surface area is 225 Å². The maximum absolute atomic E-state index is 13.7. The summed E-state index contributed by atoms with van der Waals surface area (Å²) in [4.78, 5) is 27.6. The fourth-order valence-electron chi connectivity index (χ4n) is 3.61. The van der Waals surface area contributed by atoms with Gasteiger partial charge in [-0.3, -0.25) is 13.9 Å². The Hall–Kier alpha value is -3.14. The summed E-state index contributed by atoms with van der Waals surface area (Å²) in [5, 5.41) is 3.26. The van der Waals surface area contributed by atoms with Crippen molar-refractivity contribution < 1.29 is 22.4 Å². The van der Waals surface area contributed by atoms with E-state index in [4.69, 9.17) is 23.2 Å². The molecule has 1 atom stereocenters. The number of benzene rings is 3. The van der Waals surface area contributed by atoms with E-state index in [1.807, 2.05) is 0 Å². The normalized spacial score (nSPS) is 12.0. The molecule has 0 radical (unpaired) electrons. The highest BCUT2D eigenvalue weighted by Crippen LogP contribution is 2.28. The van der Waals surface area contributed by atoms with E-state index in [1.165, 1.54) is 36.1 Å². The Morgan fingerprint density at radius 2 is 1.54 bits per heavy atom. The van der Waals surface area contributed by atoms with Gasteiger partial charge in [0.1, 0.15) is 18.4 Å². The number of sulfonamides is 1. The van der Waals surface area contributed by atoms with E-state index in [0.717, 1.165) is 16.4 Å². The number of nitrogens with one attached hydrogen (secondary N) is 1. The van der Waals surface area contributed by atoms with Crippen LogP contribution in [0.15, 0.2) is 77.7 Å². The number of rotatable bonds is 10. The quantitative estimate of drug-likeness (QED) is 0.379. The summed E-state index contributed by atoms with van der Waals surface area (Å²) in [6.07, 6.45) is 0. The summed E-state index contributed by atoms with van der Waals surface area (Å²) in [6.45, 7) is 2.81. The Morgan fingerprint density at radius 3 is 2.11 bits per heavy atom. The number of carbonyl (C=O) groups excluding carboxylic acids is 2. The standard InChI is InChI=1S/C26H26Cl2FN3O4S/c1-3-30-26(34)18(2)31(16-22-23(27)10-7-11-24(22)28)25(33)17-32(20-14-12-19(29)13-15-20)37(35,36)21-8-5-4-6-9-21/h4-15,18H,3,16-17H2,1-2H3,(H,30,34). The first-order valence-electron chi connectivity index (χ1n) is 11.4. The molecule has 0 saturated carbocycles. The van der Waals surface area contributed by atoms with E-state index in [-0.39, 0.29) is 17.1 Å². The number of halogens is 3. The van der Waals surface area contributed by atoms with Crippen LogP contribution in [0.25, 0.3) is 0 Å². The molecule has 0 saturated heterocycles. The number of amides is 2. The first kappa shape index (κ1) is 28.4. The van der Waals surface area contributed by atoms with Gasteiger partial charge in [0.2, 0.25) is 11.8 Å². The molecule has 196 valence electrons. The molecule has 0 aliphatic carbocycles. The summed E-state index contributed by atoms with van der Waals surface area (Å²) in [5.74, 6) is -1.68. The summed E-state index contributed by atoms with van der Waals surface area (Å²) < 4.78 is 41.7. The van der Waals surface area contributed by atoms with Crippen LogP contribution in [-0.2, 0) is 26.2 Å².